The zero-order valence-corrected chi connectivity index (χ0v) is 16.1. The number of carboxylic acid groups (broad SMARTS) is 1. The van der Waals surface area contributed by atoms with Gasteiger partial charge in [0.1, 0.15) is 17.2 Å². The summed E-state index contributed by atoms with van der Waals surface area (Å²) in [6, 6.07) is 3.71. The second kappa shape index (κ2) is 6.81. The number of hydrogen-bond acceptors (Lipinski definition) is 5. The molecule has 10 heteroatoms. The summed E-state index contributed by atoms with van der Waals surface area (Å²) in [6.45, 7) is 1.02. The number of nitrogens with zero attached hydrogens (tertiary/aromatic N) is 3. The second-order valence-electron chi connectivity index (χ2n) is 7.95. The number of fused-ring (bicyclic) bond motifs is 2. The van der Waals surface area contributed by atoms with Gasteiger partial charge in [-0.3, -0.25) is 9.36 Å². The molecule has 1 saturated carbocycles. The molecule has 1 aliphatic carbocycles. The minimum absolute atomic E-state index is 0.0243. The van der Waals surface area contributed by atoms with Crippen LogP contribution in [0.4, 0.5) is 19.0 Å². The highest BCUT2D eigenvalue weighted by atomic mass is 19.1. The van der Waals surface area contributed by atoms with Gasteiger partial charge in [-0.25, -0.2) is 22.9 Å². The third kappa shape index (κ3) is 3.05. The van der Waals surface area contributed by atoms with Gasteiger partial charge in [-0.05, 0) is 36.5 Å². The molecular weight excluding hydrogens is 413 g/mol. The predicted molar refractivity (Wildman–Crippen MR) is 106 cm³/mol. The molecule has 2 aromatic heterocycles. The lowest BCUT2D eigenvalue weighted by atomic mass is 10.1. The Bertz CT molecular complexity index is 1310. The minimum Gasteiger partial charge on any atom is -0.477 e. The van der Waals surface area contributed by atoms with Crippen LogP contribution in [-0.4, -0.2) is 39.8 Å². The molecule has 0 amide bonds. The van der Waals surface area contributed by atoms with Crippen LogP contribution < -0.4 is 16.1 Å². The van der Waals surface area contributed by atoms with Crippen molar-refractivity contribution in [1.29, 1.82) is 0 Å². The number of benzene rings is 1. The molecular formula is C21H17F3N4O3. The van der Waals surface area contributed by atoms with Crippen molar-refractivity contribution in [3.8, 4) is 5.69 Å². The van der Waals surface area contributed by atoms with Gasteiger partial charge in [-0.15, -0.1) is 0 Å². The predicted octanol–water partition coefficient (Wildman–Crippen LogP) is 2.28. The Balaban J connectivity index is 1.75. The highest BCUT2D eigenvalue weighted by Crippen LogP contribution is 2.44. The van der Waals surface area contributed by atoms with Crippen LogP contribution in [0.15, 0.2) is 35.3 Å². The van der Waals surface area contributed by atoms with Gasteiger partial charge in [0.2, 0.25) is 5.43 Å². The molecule has 0 radical (unpaired) electrons. The van der Waals surface area contributed by atoms with Crippen molar-refractivity contribution in [2.24, 2.45) is 17.6 Å². The average Bonchev–Trinajstić information content (AvgIpc) is 3.37. The van der Waals surface area contributed by atoms with E-state index in [0.29, 0.717) is 25.1 Å². The summed E-state index contributed by atoms with van der Waals surface area (Å²) in [7, 11) is 0. The Morgan fingerprint density at radius 2 is 1.94 bits per heavy atom. The van der Waals surface area contributed by atoms with Crippen LogP contribution in [-0.2, 0) is 0 Å². The van der Waals surface area contributed by atoms with Crippen molar-refractivity contribution in [1.82, 2.24) is 9.55 Å². The number of aromatic nitrogens is 2. The monoisotopic (exact) mass is 430 g/mol. The summed E-state index contributed by atoms with van der Waals surface area (Å²) in [5, 5.41) is 9.08. The lowest BCUT2D eigenvalue weighted by Gasteiger charge is -2.28. The Hall–Kier alpha value is -3.40. The SMILES string of the molecule is N[C@@H]1[C@H]2CN(c3nc4c(cc3F)c(=O)c(C(=O)O)cn4-c3ccc(F)cc3F)CC[C@@H]12. The third-order valence-electron chi connectivity index (χ3n) is 6.17. The van der Waals surface area contributed by atoms with Crippen LogP contribution in [0.2, 0.25) is 0 Å². The Labute approximate surface area is 173 Å². The fourth-order valence-electron chi connectivity index (χ4n) is 4.43. The number of aromatic carboxylic acids is 1. The molecule has 1 aromatic carbocycles. The Kier molecular flexibility index (Phi) is 4.30. The molecule has 3 N–H and O–H groups in total. The van der Waals surface area contributed by atoms with Gasteiger partial charge in [-0.1, -0.05) is 0 Å². The summed E-state index contributed by atoms with van der Waals surface area (Å²) in [6.07, 6.45) is 1.70. The molecule has 3 aromatic rings. The fraction of sp³-hybridized carbons (Fsp3) is 0.286. The van der Waals surface area contributed by atoms with E-state index < -0.39 is 34.4 Å². The van der Waals surface area contributed by atoms with Gasteiger partial charge < -0.3 is 15.7 Å². The van der Waals surface area contributed by atoms with E-state index in [0.717, 1.165) is 35.4 Å². The smallest absolute Gasteiger partial charge is 0.341 e. The van der Waals surface area contributed by atoms with Crippen molar-refractivity contribution in [2.75, 3.05) is 18.0 Å². The summed E-state index contributed by atoms with van der Waals surface area (Å²) in [5.74, 6) is -3.54. The third-order valence-corrected chi connectivity index (χ3v) is 6.17. The van der Waals surface area contributed by atoms with Gasteiger partial charge in [0.25, 0.3) is 0 Å². The molecule has 7 nitrogen and oxygen atoms in total. The standard InChI is InChI=1S/C21H17F3N4O3/c22-9-1-2-16(14(23)5-9)28-8-13(21(30)31)18(29)11-6-15(24)20(26-19(11)28)27-4-3-10-12(7-27)17(10)25/h1-2,5-6,8,10,12,17H,3-4,7,25H2,(H,30,31)/t10-,12+,17+/m1/s1. The molecule has 0 unspecified atom stereocenters. The fourth-order valence-corrected chi connectivity index (χ4v) is 4.43. The van der Waals surface area contributed by atoms with E-state index >= 15 is 0 Å². The highest BCUT2D eigenvalue weighted by Gasteiger charge is 2.50. The second-order valence-corrected chi connectivity index (χ2v) is 7.95. The molecule has 1 aliphatic heterocycles. The number of pyridine rings is 2. The Morgan fingerprint density at radius 1 is 1.16 bits per heavy atom. The molecule has 2 fully saturated rings. The zero-order valence-electron chi connectivity index (χ0n) is 16.1. The molecule has 3 atom stereocenters. The lowest BCUT2D eigenvalue weighted by molar-refractivity contribution is 0.0695. The number of piperidine rings is 1. The molecule has 31 heavy (non-hydrogen) atoms. The Morgan fingerprint density at radius 3 is 2.61 bits per heavy atom. The topological polar surface area (TPSA) is 101 Å². The number of anilines is 1. The zero-order chi connectivity index (χ0) is 22.0. The first-order valence-electron chi connectivity index (χ1n) is 9.71. The molecule has 3 heterocycles. The van der Waals surface area contributed by atoms with E-state index in [2.05, 4.69) is 4.98 Å². The largest absolute Gasteiger partial charge is 0.477 e. The molecule has 5 rings (SSSR count). The highest BCUT2D eigenvalue weighted by molar-refractivity contribution is 5.92. The first-order valence-corrected chi connectivity index (χ1v) is 9.71. The molecule has 0 bridgehead atoms. The van der Waals surface area contributed by atoms with Crippen molar-refractivity contribution >= 4 is 22.8 Å². The maximum Gasteiger partial charge on any atom is 0.341 e. The van der Waals surface area contributed by atoms with Gasteiger partial charge in [0.05, 0.1) is 11.1 Å². The number of halogens is 3. The van der Waals surface area contributed by atoms with Gasteiger partial charge in [-0.2, -0.15) is 0 Å². The number of carbonyl (C=O) groups is 1. The molecule has 0 spiro atoms. The maximum atomic E-state index is 15.0. The molecule has 1 saturated heterocycles. The van der Waals surface area contributed by atoms with Crippen LogP contribution >= 0.6 is 0 Å². The summed E-state index contributed by atoms with van der Waals surface area (Å²) in [5.41, 5.74) is 4.05. The molecule has 160 valence electrons. The van der Waals surface area contributed by atoms with E-state index in [4.69, 9.17) is 5.73 Å². The van der Waals surface area contributed by atoms with E-state index in [1.807, 2.05) is 0 Å². The van der Waals surface area contributed by atoms with Crippen molar-refractivity contribution in [3.05, 3.63) is 63.7 Å². The van der Waals surface area contributed by atoms with E-state index in [1.54, 1.807) is 4.90 Å². The normalized spacial score (nSPS) is 22.5. The number of hydrogen-bond donors (Lipinski definition) is 2. The van der Waals surface area contributed by atoms with Crippen molar-refractivity contribution in [2.45, 2.75) is 12.5 Å². The summed E-state index contributed by atoms with van der Waals surface area (Å²) >= 11 is 0. The molecule has 2 aliphatic rings. The van der Waals surface area contributed by atoms with Crippen LogP contribution in [0.25, 0.3) is 16.7 Å². The first-order chi connectivity index (χ1) is 14.8. The average molecular weight is 430 g/mol. The van der Waals surface area contributed by atoms with Gasteiger partial charge in [0.15, 0.2) is 17.3 Å². The van der Waals surface area contributed by atoms with Crippen LogP contribution in [0.1, 0.15) is 16.8 Å². The van der Waals surface area contributed by atoms with Gasteiger partial charge >= 0.3 is 5.97 Å². The van der Waals surface area contributed by atoms with E-state index in [-0.39, 0.29) is 34.5 Å². The number of nitrogens with two attached hydrogens (primary N) is 1. The number of rotatable bonds is 3. The maximum absolute atomic E-state index is 15.0. The van der Waals surface area contributed by atoms with E-state index in [9.17, 15) is 27.9 Å². The van der Waals surface area contributed by atoms with Gasteiger partial charge in [0, 0.05) is 31.4 Å². The summed E-state index contributed by atoms with van der Waals surface area (Å²) < 4.78 is 43.9. The first kappa shape index (κ1) is 19.6. The lowest BCUT2D eigenvalue weighted by Crippen LogP contribution is -2.33. The van der Waals surface area contributed by atoms with Crippen molar-refractivity contribution < 1.29 is 23.1 Å². The van der Waals surface area contributed by atoms with Crippen molar-refractivity contribution in [3.63, 3.8) is 0 Å². The van der Waals surface area contributed by atoms with E-state index in [1.165, 1.54) is 0 Å². The number of carboxylic acids is 1. The minimum atomic E-state index is -1.56. The summed E-state index contributed by atoms with van der Waals surface area (Å²) in [4.78, 5) is 30.2. The quantitative estimate of drug-likeness (QED) is 0.661. The van der Waals surface area contributed by atoms with Crippen LogP contribution in [0.5, 0.6) is 0 Å². The van der Waals surface area contributed by atoms with Crippen LogP contribution in [0, 0.1) is 29.3 Å². The van der Waals surface area contributed by atoms with Crippen LogP contribution in [0.3, 0.4) is 0 Å².